The highest BCUT2D eigenvalue weighted by Gasteiger charge is 2.39. The number of carbonyl (C=O) groups excluding carboxylic acids is 1. The second-order valence-corrected chi connectivity index (χ2v) is 12.8. The van der Waals surface area contributed by atoms with Gasteiger partial charge in [-0.1, -0.05) is 57.2 Å². The summed E-state index contributed by atoms with van der Waals surface area (Å²) in [5.74, 6) is -1.16. The number of hydrogen-bond acceptors (Lipinski definition) is 3. The van der Waals surface area contributed by atoms with Crippen LogP contribution in [0.4, 0.5) is 4.39 Å². The summed E-state index contributed by atoms with van der Waals surface area (Å²) in [6, 6.07) is 13.6. The molecule has 27 heavy (non-hydrogen) atoms. The number of rotatable bonds is 6. The molecule has 2 rings (SSSR count). The minimum atomic E-state index is -2.23. The molecule has 0 fully saturated rings. The van der Waals surface area contributed by atoms with Crippen LogP contribution in [0.15, 0.2) is 48.5 Å². The molecule has 4 nitrogen and oxygen atoms in total. The van der Waals surface area contributed by atoms with E-state index in [0.717, 1.165) is 0 Å². The lowest BCUT2D eigenvalue weighted by molar-refractivity contribution is 0.0911. The van der Waals surface area contributed by atoms with Crippen LogP contribution in [-0.2, 0) is 0 Å². The molecule has 0 aromatic heterocycles. The van der Waals surface area contributed by atoms with Crippen LogP contribution in [0.5, 0.6) is 5.75 Å². The van der Waals surface area contributed by atoms with Crippen molar-refractivity contribution in [2.45, 2.75) is 45.0 Å². The molecule has 0 aliphatic carbocycles. The van der Waals surface area contributed by atoms with Gasteiger partial charge in [0.15, 0.2) is 5.82 Å². The Morgan fingerprint density at radius 2 is 1.78 bits per heavy atom. The van der Waals surface area contributed by atoms with E-state index in [0.29, 0.717) is 5.56 Å². The Morgan fingerprint density at radius 1 is 1.15 bits per heavy atom. The molecule has 1 atom stereocenters. The van der Waals surface area contributed by atoms with E-state index in [4.69, 9.17) is 4.43 Å². The highest BCUT2D eigenvalue weighted by molar-refractivity contribution is 6.74. The first-order chi connectivity index (χ1) is 12.5. The summed E-state index contributed by atoms with van der Waals surface area (Å²) < 4.78 is 20.9. The molecule has 0 aliphatic rings. The fraction of sp³-hybridized carbons (Fsp3) is 0.381. The molecule has 0 saturated heterocycles. The number of halogens is 1. The molecule has 1 unspecified atom stereocenters. The Bertz CT molecular complexity index is 788. The molecule has 0 spiro atoms. The molecule has 2 aromatic rings. The first kappa shape index (κ1) is 21.1. The van der Waals surface area contributed by atoms with Gasteiger partial charge < -0.3 is 14.8 Å². The SMILES string of the molecule is CC(C)(C)[Si](C)(C)Oc1cccc(C(=O)NCC(O)c2ccccc2)c1F. The van der Waals surface area contributed by atoms with Crippen LogP contribution < -0.4 is 9.74 Å². The normalized spacial score (nSPS) is 13.1. The van der Waals surface area contributed by atoms with Crippen LogP contribution in [-0.4, -0.2) is 25.9 Å². The standard InChI is InChI=1S/C21H28FNO3Si/c1-21(2,3)27(4,5)26-18-13-9-12-16(19(18)22)20(25)23-14-17(24)15-10-7-6-8-11-15/h6-13,17,24H,14H2,1-5H3,(H,23,25). The van der Waals surface area contributed by atoms with Crippen molar-refractivity contribution in [3.63, 3.8) is 0 Å². The Hall–Kier alpha value is -2.18. The van der Waals surface area contributed by atoms with Crippen molar-refractivity contribution in [2.75, 3.05) is 6.54 Å². The number of benzene rings is 2. The van der Waals surface area contributed by atoms with Crippen LogP contribution in [0.2, 0.25) is 18.1 Å². The molecule has 0 saturated carbocycles. The first-order valence-corrected chi connectivity index (χ1v) is 11.9. The van der Waals surface area contributed by atoms with Crippen molar-refractivity contribution >= 4 is 14.2 Å². The predicted molar refractivity (Wildman–Crippen MR) is 108 cm³/mol. The first-order valence-electron chi connectivity index (χ1n) is 9.01. The maximum absolute atomic E-state index is 14.9. The zero-order chi connectivity index (χ0) is 20.2. The number of hydrogen-bond donors (Lipinski definition) is 2. The zero-order valence-corrected chi connectivity index (χ0v) is 17.5. The van der Waals surface area contributed by atoms with Crippen molar-refractivity contribution in [3.05, 3.63) is 65.5 Å². The molecule has 0 heterocycles. The predicted octanol–water partition coefficient (Wildman–Crippen LogP) is 4.67. The second kappa shape index (κ2) is 8.23. The average molecular weight is 390 g/mol. The van der Waals surface area contributed by atoms with E-state index >= 15 is 0 Å². The summed E-state index contributed by atoms with van der Waals surface area (Å²) in [4.78, 5) is 12.4. The number of amides is 1. The molecule has 1 amide bonds. The van der Waals surface area contributed by atoms with Crippen LogP contribution in [0.25, 0.3) is 0 Å². The molecule has 0 aliphatic heterocycles. The van der Waals surface area contributed by atoms with Gasteiger partial charge in [-0.05, 0) is 35.8 Å². The van der Waals surface area contributed by atoms with Crippen molar-refractivity contribution in [1.29, 1.82) is 0 Å². The summed E-state index contributed by atoms with van der Waals surface area (Å²) in [6.07, 6.45) is -0.857. The largest absolute Gasteiger partial charge is 0.542 e. The van der Waals surface area contributed by atoms with Crippen LogP contribution in [0.1, 0.15) is 42.8 Å². The Labute approximate surface area is 161 Å². The quantitative estimate of drug-likeness (QED) is 0.706. The fourth-order valence-corrected chi connectivity index (χ4v) is 3.28. The lowest BCUT2D eigenvalue weighted by Gasteiger charge is -2.36. The number of aliphatic hydroxyl groups is 1. The van der Waals surface area contributed by atoms with Crippen molar-refractivity contribution in [3.8, 4) is 5.75 Å². The fourth-order valence-electron chi connectivity index (χ4n) is 2.27. The smallest absolute Gasteiger partial charge is 0.254 e. The Balaban J connectivity index is 2.11. The third-order valence-corrected chi connectivity index (χ3v) is 9.36. The summed E-state index contributed by atoms with van der Waals surface area (Å²) in [6.45, 7) is 10.2. The minimum absolute atomic E-state index is 0.00436. The van der Waals surface area contributed by atoms with Gasteiger partial charge in [-0.25, -0.2) is 4.39 Å². The third kappa shape index (κ3) is 5.17. The zero-order valence-electron chi connectivity index (χ0n) is 16.5. The molecule has 2 N–H and O–H groups in total. The van der Waals surface area contributed by atoms with Gasteiger partial charge in [-0.2, -0.15) is 0 Å². The second-order valence-electron chi connectivity index (χ2n) is 8.12. The molecular formula is C21H28FNO3Si. The molecule has 146 valence electrons. The van der Waals surface area contributed by atoms with Gasteiger partial charge in [0.05, 0.1) is 11.7 Å². The van der Waals surface area contributed by atoms with Crippen molar-refractivity contribution < 1.29 is 18.7 Å². The molecule has 0 radical (unpaired) electrons. The monoisotopic (exact) mass is 389 g/mol. The van der Waals surface area contributed by atoms with E-state index in [9.17, 15) is 14.3 Å². The molecule has 2 aromatic carbocycles. The highest BCUT2D eigenvalue weighted by Crippen LogP contribution is 2.38. The van der Waals surface area contributed by atoms with E-state index in [1.54, 1.807) is 24.3 Å². The third-order valence-electron chi connectivity index (χ3n) is 5.02. The number of nitrogens with one attached hydrogen (secondary N) is 1. The maximum atomic E-state index is 14.9. The topological polar surface area (TPSA) is 58.6 Å². The highest BCUT2D eigenvalue weighted by atomic mass is 28.4. The van der Waals surface area contributed by atoms with E-state index in [1.165, 1.54) is 6.07 Å². The summed E-state index contributed by atoms with van der Waals surface area (Å²) in [5, 5.41) is 12.7. The van der Waals surface area contributed by atoms with Gasteiger partial charge in [-0.15, -0.1) is 0 Å². The molecule has 0 bridgehead atoms. The van der Waals surface area contributed by atoms with Gasteiger partial charge in [-0.3, -0.25) is 4.79 Å². The Kier molecular flexibility index (Phi) is 6.44. The van der Waals surface area contributed by atoms with Crippen LogP contribution in [0, 0.1) is 5.82 Å². The minimum Gasteiger partial charge on any atom is -0.542 e. The molecule has 6 heteroatoms. The maximum Gasteiger partial charge on any atom is 0.254 e. The van der Waals surface area contributed by atoms with Gasteiger partial charge in [0.25, 0.3) is 14.2 Å². The van der Waals surface area contributed by atoms with Crippen LogP contribution >= 0.6 is 0 Å². The number of carbonyl (C=O) groups is 1. The lowest BCUT2D eigenvalue weighted by atomic mass is 10.1. The molecular weight excluding hydrogens is 361 g/mol. The van der Waals surface area contributed by atoms with Crippen LogP contribution in [0.3, 0.4) is 0 Å². The van der Waals surface area contributed by atoms with Gasteiger partial charge >= 0.3 is 0 Å². The van der Waals surface area contributed by atoms with Gasteiger partial charge in [0, 0.05) is 6.54 Å². The Morgan fingerprint density at radius 3 is 2.37 bits per heavy atom. The van der Waals surface area contributed by atoms with E-state index in [-0.39, 0.29) is 22.9 Å². The average Bonchev–Trinajstić information content (AvgIpc) is 2.60. The number of aliphatic hydroxyl groups excluding tert-OH is 1. The van der Waals surface area contributed by atoms with E-state index < -0.39 is 26.1 Å². The van der Waals surface area contributed by atoms with Gasteiger partial charge in [0.2, 0.25) is 0 Å². The summed E-state index contributed by atoms with van der Waals surface area (Å²) in [7, 11) is -2.23. The summed E-state index contributed by atoms with van der Waals surface area (Å²) >= 11 is 0. The van der Waals surface area contributed by atoms with Crippen molar-refractivity contribution in [2.24, 2.45) is 0 Å². The van der Waals surface area contributed by atoms with E-state index in [2.05, 4.69) is 26.1 Å². The lowest BCUT2D eigenvalue weighted by Crippen LogP contribution is -2.44. The van der Waals surface area contributed by atoms with E-state index in [1.807, 2.05) is 31.3 Å². The van der Waals surface area contributed by atoms with Crippen molar-refractivity contribution in [1.82, 2.24) is 5.32 Å². The van der Waals surface area contributed by atoms with Gasteiger partial charge in [0.1, 0.15) is 5.75 Å². The summed E-state index contributed by atoms with van der Waals surface area (Å²) in [5.41, 5.74) is 0.597.